The highest BCUT2D eigenvalue weighted by Gasteiger charge is 2.35. The second-order valence-corrected chi connectivity index (χ2v) is 6.71. The van der Waals surface area contributed by atoms with Gasteiger partial charge in [0.1, 0.15) is 12.3 Å². The van der Waals surface area contributed by atoms with Crippen LogP contribution in [0.15, 0.2) is 28.1 Å². The van der Waals surface area contributed by atoms with Crippen molar-refractivity contribution >= 4 is 5.91 Å². The molecule has 0 aromatic carbocycles. The summed E-state index contributed by atoms with van der Waals surface area (Å²) in [5, 5.41) is 21.6. The molecule has 0 unspecified atom stereocenters. The van der Waals surface area contributed by atoms with Gasteiger partial charge in [0.2, 0.25) is 5.91 Å². The minimum Gasteiger partial charge on any atom is -0.394 e. The molecule has 0 bridgehead atoms. The number of H-pyrrole nitrogens is 1. The molecule has 0 aliphatic carbocycles. The first-order valence-electron chi connectivity index (χ1n) is 9.39. The first kappa shape index (κ1) is 22.0. The highest BCUT2D eigenvalue weighted by molar-refractivity contribution is 5.76. The van der Waals surface area contributed by atoms with Crippen LogP contribution in [-0.4, -0.2) is 51.0 Å². The zero-order valence-electron chi connectivity index (χ0n) is 15.7. The van der Waals surface area contributed by atoms with Gasteiger partial charge in [-0.1, -0.05) is 12.5 Å². The number of allylic oxidation sites excluding steroid dienone is 1. The van der Waals surface area contributed by atoms with Crippen LogP contribution in [0.4, 0.5) is 0 Å². The number of hydrogen-bond acceptors (Lipinski definition) is 7. The number of carbonyl (C=O) groups is 1. The molecule has 0 saturated carbocycles. The third-order valence-electron chi connectivity index (χ3n) is 4.54. The Bertz CT molecular complexity index is 787. The summed E-state index contributed by atoms with van der Waals surface area (Å²) in [5.74, 6) is -0.115. The van der Waals surface area contributed by atoms with Crippen molar-refractivity contribution in [2.45, 2.75) is 57.0 Å². The van der Waals surface area contributed by atoms with Crippen molar-refractivity contribution in [2.24, 2.45) is 5.73 Å². The number of aliphatic hydroxyl groups excluding tert-OH is 2. The molecule has 156 valence electrons. The third kappa shape index (κ3) is 6.13. The summed E-state index contributed by atoms with van der Waals surface area (Å²) >= 11 is 0. The zero-order valence-corrected chi connectivity index (χ0v) is 15.7. The number of nitrogens with one attached hydrogen (secondary N) is 2. The number of aromatic amines is 1. The summed E-state index contributed by atoms with van der Waals surface area (Å²) in [6, 6.07) is 0. The van der Waals surface area contributed by atoms with E-state index in [0.29, 0.717) is 18.5 Å². The first-order valence-corrected chi connectivity index (χ1v) is 9.39. The number of rotatable bonds is 10. The predicted molar refractivity (Wildman–Crippen MR) is 101 cm³/mol. The second kappa shape index (κ2) is 10.9. The van der Waals surface area contributed by atoms with Gasteiger partial charge in [-0.15, -0.1) is 0 Å². The van der Waals surface area contributed by atoms with Gasteiger partial charge in [-0.3, -0.25) is 19.1 Å². The lowest BCUT2D eigenvalue weighted by atomic mass is 10.2. The lowest BCUT2D eigenvalue weighted by Gasteiger charge is -2.15. The molecule has 0 radical (unpaired) electrons. The fourth-order valence-electron chi connectivity index (χ4n) is 2.95. The van der Waals surface area contributed by atoms with E-state index in [2.05, 4.69) is 10.3 Å². The first-order chi connectivity index (χ1) is 13.5. The Labute approximate surface area is 162 Å². The predicted octanol–water partition coefficient (Wildman–Crippen LogP) is -1.13. The van der Waals surface area contributed by atoms with Gasteiger partial charge in [0, 0.05) is 30.8 Å². The number of nitrogens with zero attached hydrogens (tertiary/aromatic N) is 1. The molecule has 2 rings (SSSR count). The summed E-state index contributed by atoms with van der Waals surface area (Å²) in [4.78, 5) is 37.9. The van der Waals surface area contributed by atoms with E-state index in [1.54, 1.807) is 6.08 Å². The molecule has 6 N–H and O–H groups in total. The molecule has 10 heteroatoms. The topological polar surface area (TPSA) is 160 Å². The Morgan fingerprint density at radius 2 is 2.18 bits per heavy atom. The molecule has 28 heavy (non-hydrogen) atoms. The van der Waals surface area contributed by atoms with Gasteiger partial charge in [-0.2, -0.15) is 0 Å². The number of amides is 1. The third-order valence-corrected chi connectivity index (χ3v) is 4.54. The Hall–Kier alpha value is -2.27. The van der Waals surface area contributed by atoms with E-state index < -0.39 is 29.7 Å². The number of carbonyl (C=O) groups excluding carboxylic acids is 1. The number of aromatic nitrogens is 2. The average Bonchev–Trinajstić information content (AvgIpc) is 3.04. The highest BCUT2D eigenvalue weighted by Crippen LogP contribution is 2.27. The van der Waals surface area contributed by atoms with E-state index in [9.17, 15) is 19.5 Å². The van der Waals surface area contributed by atoms with Crippen molar-refractivity contribution in [3.63, 3.8) is 0 Å². The molecule has 1 fully saturated rings. The van der Waals surface area contributed by atoms with E-state index in [0.717, 1.165) is 19.3 Å². The van der Waals surface area contributed by atoms with Crippen LogP contribution in [0, 0.1) is 0 Å². The van der Waals surface area contributed by atoms with Gasteiger partial charge in [-0.05, 0) is 25.8 Å². The molecule has 1 amide bonds. The molecule has 1 aliphatic rings. The van der Waals surface area contributed by atoms with Crippen molar-refractivity contribution in [2.75, 3.05) is 13.2 Å². The van der Waals surface area contributed by atoms with Crippen molar-refractivity contribution < 1.29 is 19.7 Å². The monoisotopic (exact) mass is 396 g/mol. The molecular weight excluding hydrogens is 368 g/mol. The maximum Gasteiger partial charge on any atom is 0.330 e. The number of hydrogen-bond donors (Lipinski definition) is 5. The van der Waals surface area contributed by atoms with Crippen LogP contribution in [-0.2, 0) is 16.0 Å². The fraction of sp³-hybridized carbons (Fsp3) is 0.611. The molecule has 1 saturated heterocycles. The lowest BCUT2D eigenvalue weighted by molar-refractivity contribution is -0.120. The molecular formula is C18H28N4O6. The van der Waals surface area contributed by atoms with Crippen LogP contribution in [0.1, 0.15) is 43.9 Å². The quantitative estimate of drug-likeness (QED) is 0.313. The molecule has 2 heterocycles. The van der Waals surface area contributed by atoms with Gasteiger partial charge < -0.3 is 26.0 Å². The number of aliphatic hydroxyl groups is 2. The molecule has 1 aromatic heterocycles. The van der Waals surface area contributed by atoms with Crippen LogP contribution in [0.3, 0.4) is 0 Å². The SMILES string of the molecule is NCCCCCC(=O)NC=CCc1cn([C@H]2C[C@H](O)[C@@H](CO)O2)c(=O)[nH]c1=O. The Morgan fingerprint density at radius 1 is 1.39 bits per heavy atom. The Balaban J connectivity index is 1.94. The van der Waals surface area contributed by atoms with Gasteiger partial charge in [0.05, 0.1) is 12.7 Å². The molecule has 1 aromatic rings. The highest BCUT2D eigenvalue weighted by atomic mass is 16.5. The molecule has 1 aliphatic heterocycles. The number of unbranched alkanes of at least 4 members (excludes halogenated alkanes) is 2. The normalized spacial score (nSPS) is 22.0. The second-order valence-electron chi connectivity index (χ2n) is 6.71. The van der Waals surface area contributed by atoms with Gasteiger partial charge in [0.25, 0.3) is 5.56 Å². The van der Waals surface area contributed by atoms with Crippen molar-refractivity contribution in [3.8, 4) is 0 Å². The summed E-state index contributed by atoms with van der Waals surface area (Å²) in [7, 11) is 0. The number of ether oxygens (including phenoxy) is 1. The lowest BCUT2D eigenvalue weighted by Crippen LogP contribution is -2.34. The van der Waals surface area contributed by atoms with E-state index in [4.69, 9.17) is 15.6 Å². The van der Waals surface area contributed by atoms with E-state index in [-0.39, 0.29) is 25.4 Å². The fourth-order valence-corrected chi connectivity index (χ4v) is 2.95. The summed E-state index contributed by atoms with van der Waals surface area (Å²) < 4.78 is 6.65. The van der Waals surface area contributed by atoms with Crippen LogP contribution in [0.5, 0.6) is 0 Å². The Morgan fingerprint density at radius 3 is 2.86 bits per heavy atom. The van der Waals surface area contributed by atoms with Crippen LogP contribution >= 0.6 is 0 Å². The van der Waals surface area contributed by atoms with Crippen molar-refractivity contribution in [1.29, 1.82) is 0 Å². The largest absolute Gasteiger partial charge is 0.394 e. The Kier molecular flexibility index (Phi) is 8.58. The van der Waals surface area contributed by atoms with E-state index in [1.165, 1.54) is 17.0 Å². The van der Waals surface area contributed by atoms with Gasteiger partial charge in [0.15, 0.2) is 0 Å². The smallest absolute Gasteiger partial charge is 0.330 e. The molecule has 0 spiro atoms. The summed E-state index contributed by atoms with van der Waals surface area (Å²) in [5.41, 5.74) is 4.52. The van der Waals surface area contributed by atoms with Crippen molar-refractivity contribution in [1.82, 2.24) is 14.9 Å². The van der Waals surface area contributed by atoms with E-state index >= 15 is 0 Å². The van der Waals surface area contributed by atoms with Crippen LogP contribution in [0.2, 0.25) is 0 Å². The average molecular weight is 396 g/mol. The van der Waals surface area contributed by atoms with Crippen LogP contribution in [0.25, 0.3) is 0 Å². The van der Waals surface area contributed by atoms with Crippen molar-refractivity contribution in [3.05, 3.63) is 44.9 Å². The van der Waals surface area contributed by atoms with E-state index in [1.807, 2.05) is 0 Å². The molecule has 10 nitrogen and oxygen atoms in total. The zero-order chi connectivity index (χ0) is 20.5. The maximum absolute atomic E-state index is 12.0. The summed E-state index contributed by atoms with van der Waals surface area (Å²) in [6.45, 7) is 0.251. The number of nitrogens with two attached hydrogens (primary N) is 1. The molecule has 3 atom stereocenters. The minimum absolute atomic E-state index is 0.115. The van der Waals surface area contributed by atoms with Gasteiger partial charge >= 0.3 is 5.69 Å². The van der Waals surface area contributed by atoms with Gasteiger partial charge in [-0.25, -0.2) is 4.79 Å². The summed E-state index contributed by atoms with van der Waals surface area (Å²) in [6.07, 6.45) is 5.31. The minimum atomic E-state index is -0.891. The van der Waals surface area contributed by atoms with Crippen LogP contribution < -0.4 is 22.3 Å². The standard InChI is InChI=1S/C18H28N4O6/c19-7-3-1-2-6-15(25)20-8-4-5-12-10-22(18(27)21-17(12)26)16-9-13(24)14(11-23)28-16/h4,8,10,13-14,16,23-24H,1-3,5-7,9,11,19H2,(H,20,25)(H,21,26,27)/t13-,14+,16+/m0/s1. The maximum atomic E-state index is 12.0.